The summed E-state index contributed by atoms with van der Waals surface area (Å²) in [5, 5.41) is 3.75. The average molecular weight is 439 g/mol. The summed E-state index contributed by atoms with van der Waals surface area (Å²) in [7, 11) is 0. The number of carbonyl (C=O) groups excluding carboxylic acids is 1. The molecular formula is C21H15ClN4O3S. The molecule has 4 rings (SSSR count). The predicted octanol–water partition coefficient (Wildman–Crippen LogP) is 3.32. The van der Waals surface area contributed by atoms with Gasteiger partial charge in [-0.25, -0.2) is 4.57 Å². The Kier molecular flexibility index (Phi) is 5.35. The quantitative estimate of drug-likeness (QED) is 0.425. The van der Waals surface area contributed by atoms with E-state index in [2.05, 4.69) is 15.3 Å². The number of nitrogens with zero attached hydrogens (tertiary/aromatic N) is 1. The molecule has 30 heavy (non-hydrogen) atoms. The zero-order valence-corrected chi connectivity index (χ0v) is 17.0. The molecule has 0 radical (unpaired) electrons. The lowest BCUT2D eigenvalue weighted by molar-refractivity contribution is 0.0951. The van der Waals surface area contributed by atoms with E-state index >= 15 is 0 Å². The Labute approximate surface area is 180 Å². The van der Waals surface area contributed by atoms with Gasteiger partial charge in [0.1, 0.15) is 5.82 Å². The van der Waals surface area contributed by atoms with E-state index in [-0.39, 0.29) is 21.9 Å². The van der Waals surface area contributed by atoms with E-state index in [0.29, 0.717) is 28.0 Å². The van der Waals surface area contributed by atoms with Crippen molar-refractivity contribution >= 4 is 40.6 Å². The van der Waals surface area contributed by atoms with Gasteiger partial charge in [-0.05, 0) is 48.1 Å². The number of aromatic amines is 2. The summed E-state index contributed by atoms with van der Waals surface area (Å²) in [4.78, 5) is 42.9. The second kappa shape index (κ2) is 8.10. The van der Waals surface area contributed by atoms with Crippen molar-refractivity contribution in [1.82, 2.24) is 19.9 Å². The molecule has 0 saturated carbocycles. The Bertz CT molecular complexity index is 1460. The van der Waals surface area contributed by atoms with Crippen LogP contribution < -0.4 is 16.3 Å². The maximum absolute atomic E-state index is 12.9. The predicted molar refractivity (Wildman–Crippen MR) is 118 cm³/mol. The Morgan fingerprint density at radius 2 is 1.93 bits per heavy atom. The van der Waals surface area contributed by atoms with Crippen LogP contribution in [0, 0.1) is 4.77 Å². The first kappa shape index (κ1) is 19.8. The summed E-state index contributed by atoms with van der Waals surface area (Å²) in [6.45, 7) is 0.316. The van der Waals surface area contributed by atoms with Crippen molar-refractivity contribution in [2.75, 3.05) is 0 Å². The lowest BCUT2D eigenvalue weighted by Crippen LogP contribution is -2.24. The summed E-state index contributed by atoms with van der Waals surface area (Å²) in [5.74, 6) is -0.0354. The van der Waals surface area contributed by atoms with E-state index in [0.717, 1.165) is 5.56 Å². The van der Waals surface area contributed by atoms with E-state index in [9.17, 15) is 14.4 Å². The summed E-state index contributed by atoms with van der Waals surface area (Å²) in [5.41, 5.74) is 1.02. The van der Waals surface area contributed by atoms with Gasteiger partial charge in [0.15, 0.2) is 10.2 Å². The minimum Gasteiger partial charge on any atom is -0.348 e. The molecule has 3 N–H and O–H groups in total. The first-order valence-electron chi connectivity index (χ1n) is 8.93. The number of benzene rings is 2. The van der Waals surface area contributed by atoms with Crippen molar-refractivity contribution in [3.63, 3.8) is 0 Å². The highest BCUT2D eigenvalue weighted by Crippen LogP contribution is 2.13. The summed E-state index contributed by atoms with van der Waals surface area (Å²) in [6, 6.07) is 14.5. The number of rotatable bonds is 4. The number of H-pyrrole nitrogens is 2. The van der Waals surface area contributed by atoms with Crippen molar-refractivity contribution in [3.05, 3.63) is 102 Å². The van der Waals surface area contributed by atoms with Crippen LogP contribution in [0.25, 0.3) is 16.7 Å². The van der Waals surface area contributed by atoms with Crippen molar-refractivity contribution in [2.24, 2.45) is 0 Å². The summed E-state index contributed by atoms with van der Waals surface area (Å²) < 4.78 is 1.31. The average Bonchev–Trinajstić information content (AvgIpc) is 2.72. The van der Waals surface area contributed by atoms with Gasteiger partial charge < -0.3 is 15.3 Å². The van der Waals surface area contributed by atoms with Crippen molar-refractivity contribution < 1.29 is 4.79 Å². The molecule has 2 aromatic heterocycles. The highest BCUT2D eigenvalue weighted by Gasteiger charge is 2.12. The number of nitrogens with one attached hydrogen (secondary N) is 3. The molecule has 0 spiro atoms. The summed E-state index contributed by atoms with van der Waals surface area (Å²) in [6.07, 6.45) is 1.44. The van der Waals surface area contributed by atoms with E-state index in [1.165, 1.54) is 22.9 Å². The molecule has 9 heteroatoms. The van der Waals surface area contributed by atoms with Crippen LogP contribution in [0.1, 0.15) is 15.9 Å². The molecule has 0 saturated heterocycles. The second-order valence-corrected chi connectivity index (χ2v) is 7.38. The molecule has 7 nitrogen and oxygen atoms in total. The number of hydrogen-bond acceptors (Lipinski definition) is 4. The minimum absolute atomic E-state index is 0.103. The van der Waals surface area contributed by atoms with Gasteiger partial charge in [0.25, 0.3) is 11.5 Å². The van der Waals surface area contributed by atoms with Gasteiger partial charge in [-0.1, -0.05) is 23.7 Å². The Balaban J connectivity index is 1.67. The monoisotopic (exact) mass is 438 g/mol. The number of carbonyl (C=O) groups is 1. The SMILES string of the molecule is O=C(NCc1cccc(Cl)c1)c1ccc2c(=O)n(-c3cc(=O)cc[nH]3)c(=S)[nH]c2c1. The van der Waals surface area contributed by atoms with Gasteiger partial charge in [0.05, 0.1) is 10.9 Å². The van der Waals surface area contributed by atoms with Gasteiger partial charge in [0, 0.05) is 35.5 Å². The van der Waals surface area contributed by atoms with Crippen LogP contribution in [0.5, 0.6) is 0 Å². The first-order valence-corrected chi connectivity index (χ1v) is 9.72. The van der Waals surface area contributed by atoms with Crippen molar-refractivity contribution in [3.8, 4) is 5.82 Å². The molecule has 0 atom stereocenters. The van der Waals surface area contributed by atoms with Crippen LogP contribution in [-0.4, -0.2) is 20.4 Å². The first-order chi connectivity index (χ1) is 14.4. The van der Waals surface area contributed by atoms with E-state index in [4.69, 9.17) is 23.8 Å². The molecule has 2 aromatic carbocycles. The molecule has 2 heterocycles. The van der Waals surface area contributed by atoms with Gasteiger partial charge in [0.2, 0.25) is 0 Å². The smallest absolute Gasteiger partial charge is 0.267 e. The third-order valence-electron chi connectivity index (χ3n) is 4.50. The zero-order valence-electron chi connectivity index (χ0n) is 15.4. The zero-order chi connectivity index (χ0) is 21.3. The van der Waals surface area contributed by atoms with Crippen LogP contribution in [0.2, 0.25) is 5.02 Å². The molecular weight excluding hydrogens is 424 g/mol. The van der Waals surface area contributed by atoms with Crippen LogP contribution in [-0.2, 0) is 6.54 Å². The van der Waals surface area contributed by atoms with E-state index in [1.807, 2.05) is 12.1 Å². The van der Waals surface area contributed by atoms with Gasteiger partial charge in [-0.3, -0.25) is 14.4 Å². The topological polar surface area (TPSA) is 99.8 Å². The number of hydrogen-bond donors (Lipinski definition) is 3. The fourth-order valence-electron chi connectivity index (χ4n) is 3.07. The van der Waals surface area contributed by atoms with Crippen molar-refractivity contribution in [1.29, 1.82) is 0 Å². The molecule has 0 fully saturated rings. The van der Waals surface area contributed by atoms with E-state index in [1.54, 1.807) is 30.3 Å². The van der Waals surface area contributed by atoms with Crippen LogP contribution >= 0.6 is 23.8 Å². The van der Waals surface area contributed by atoms with Gasteiger partial charge in [-0.2, -0.15) is 0 Å². The maximum atomic E-state index is 12.9. The number of halogens is 1. The third-order valence-corrected chi connectivity index (χ3v) is 5.02. The number of fused-ring (bicyclic) bond motifs is 1. The van der Waals surface area contributed by atoms with E-state index < -0.39 is 5.56 Å². The molecule has 0 unspecified atom stereocenters. The second-order valence-electron chi connectivity index (χ2n) is 6.55. The van der Waals surface area contributed by atoms with Crippen LogP contribution in [0.3, 0.4) is 0 Å². The molecule has 0 aliphatic heterocycles. The lowest BCUT2D eigenvalue weighted by Gasteiger charge is -2.09. The molecule has 150 valence electrons. The molecule has 0 aliphatic rings. The highest BCUT2D eigenvalue weighted by atomic mass is 35.5. The molecule has 0 bridgehead atoms. The Morgan fingerprint density at radius 3 is 2.70 bits per heavy atom. The Hall–Kier alpha value is -3.49. The number of aromatic nitrogens is 3. The van der Waals surface area contributed by atoms with Gasteiger partial charge >= 0.3 is 0 Å². The minimum atomic E-state index is -0.401. The molecule has 0 aliphatic carbocycles. The van der Waals surface area contributed by atoms with Crippen LogP contribution in [0.15, 0.2) is 70.4 Å². The van der Waals surface area contributed by atoms with Crippen LogP contribution in [0.4, 0.5) is 0 Å². The van der Waals surface area contributed by atoms with Crippen molar-refractivity contribution in [2.45, 2.75) is 6.54 Å². The maximum Gasteiger partial charge on any atom is 0.267 e. The number of pyridine rings is 1. The lowest BCUT2D eigenvalue weighted by atomic mass is 10.1. The standard InChI is InChI=1S/C21H15ClN4O3S/c22-14-3-1-2-12(8-14)11-24-19(28)13-4-5-16-17(9-13)25-21(30)26(20(16)29)18-10-15(27)6-7-23-18/h1-10H,11H2,(H,23,27)(H,24,28)(H,25,30). The third kappa shape index (κ3) is 3.96. The number of amides is 1. The van der Waals surface area contributed by atoms with Gasteiger partial charge in [-0.15, -0.1) is 0 Å². The Morgan fingerprint density at radius 1 is 1.10 bits per heavy atom. The molecule has 4 aromatic rings. The fraction of sp³-hybridized carbons (Fsp3) is 0.0476. The molecule has 1 amide bonds. The largest absolute Gasteiger partial charge is 0.348 e. The summed E-state index contributed by atoms with van der Waals surface area (Å²) >= 11 is 11.3. The normalized spacial score (nSPS) is 10.8. The fourth-order valence-corrected chi connectivity index (χ4v) is 3.58. The highest BCUT2D eigenvalue weighted by molar-refractivity contribution is 7.71.